The first-order chi connectivity index (χ1) is 18.9. The van der Waals surface area contributed by atoms with E-state index in [0.717, 1.165) is 22.6 Å². The van der Waals surface area contributed by atoms with Crippen molar-refractivity contribution in [1.29, 1.82) is 0 Å². The summed E-state index contributed by atoms with van der Waals surface area (Å²) in [6.45, 7) is 0.884. The van der Waals surface area contributed by atoms with E-state index in [1.807, 2.05) is 48.5 Å². The molecular weight excluding hydrogens is 501 g/mol. The molecule has 0 saturated carbocycles. The summed E-state index contributed by atoms with van der Waals surface area (Å²) in [6, 6.07) is 22.1. The Morgan fingerprint density at radius 1 is 0.872 bits per heavy atom. The third-order valence-corrected chi connectivity index (χ3v) is 6.20. The number of ether oxygens (including phenoxy) is 2. The summed E-state index contributed by atoms with van der Waals surface area (Å²) >= 11 is 0. The van der Waals surface area contributed by atoms with Gasteiger partial charge in [-0.3, -0.25) is 9.59 Å². The molecule has 0 radical (unpaired) electrons. The highest BCUT2D eigenvalue weighted by molar-refractivity contribution is 5.94. The number of hydrogen-bond donors (Lipinski definition) is 1. The van der Waals surface area contributed by atoms with Crippen LogP contribution in [0.25, 0.3) is 0 Å². The van der Waals surface area contributed by atoms with Gasteiger partial charge in [-0.25, -0.2) is 4.39 Å². The lowest BCUT2D eigenvalue weighted by Gasteiger charge is -2.21. The number of hydrogen-bond acceptors (Lipinski definition) is 6. The molecule has 4 aromatic rings. The zero-order valence-corrected chi connectivity index (χ0v) is 21.9. The van der Waals surface area contributed by atoms with Gasteiger partial charge < -0.3 is 24.2 Å². The van der Waals surface area contributed by atoms with Crippen LogP contribution in [0.1, 0.15) is 37.7 Å². The maximum Gasteiger partial charge on any atom is 0.273 e. The summed E-state index contributed by atoms with van der Waals surface area (Å²) in [6.07, 6.45) is 1.22. The molecule has 1 aromatic heterocycles. The van der Waals surface area contributed by atoms with Crippen molar-refractivity contribution in [3.8, 4) is 11.5 Å². The van der Waals surface area contributed by atoms with Crippen molar-refractivity contribution in [1.82, 2.24) is 15.4 Å². The van der Waals surface area contributed by atoms with Crippen LogP contribution in [0.5, 0.6) is 11.5 Å². The Bertz CT molecular complexity index is 1370. The number of carbonyl (C=O) groups is 2. The molecule has 9 heteroatoms. The number of aromatic nitrogens is 1. The molecule has 0 bridgehead atoms. The lowest BCUT2D eigenvalue weighted by atomic mass is 10.1. The molecule has 1 heterocycles. The van der Waals surface area contributed by atoms with E-state index in [1.165, 1.54) is 30.3 Å². The fraction of sp³-hybridized carbons (Fsp3) is 0.233. The van der Waals surface area contributed by atoms with Crippen LogP contribution in [-0.4, -0.2) is 49.2 Å². The number of benzene rings is 3. The second kappa shape index (κ2) is 13.2. The highest BCUT2D eigenvalue weighted by atomic mass is 19.1. The SMILES string of the molecule is COc1ccc(CCNC(=O)c2cc(CN(CCc3ccc(OC)cc3)C(=O)c3ccc(F)cc3)on2)cc1. The van der Waals surface area contributed by atoms with Gasteiger partial charge in [0.05, 0.1) is 20.8 Å². The summed E-state index contributed by atoms with van der Waals surface area (Å²) in [5, 5.41) is 6.73. The van der Waals surface area contributed by atoms with Crippen LogP contribution in [0.4, 0.5) is 4.39 Å². The first kappa shape index (κ1) is 27.4. The molecule has 4 rings (SSSR count). The number of nitrogens with one attached hydrogen (secondary N) is 1. The van der Waals surface area contributed by atoms with Crippen molar-refractivity contribution in [2.45, 2.75) is 19.4 Å². The van der Waals surface area contributed by atoms with Gasteiger partial charge in [0.25, 0.3) is 11.8 Å². The monoisotopic (exact) mass is 531 g/mol. The maximum absolute atomic E-state index is 13.4. The predicted octanol–water partition coefficient (Wildman–Crippen LogP) is 4.69. The predicted molar refractivity (Wildman–Crippen MR) is 143 cm³/mol. The summed E-state index contributed by atoms with van der Waals surface area (Å²) in [5.41, 5.74) is 2.55. The lowest BCUT2D eigenvalue weighted by molar-refractivity contribution is 0.0729. The standard InChI is InChI=1S/C30H30FN3O5/c1-37-25-11-3-21(4-12-25)15-17-32-29(35)28-19-27(39-33-28)20-34(30(36)23-7-9-24(31)10-8-23)18-16-22-5-13-26(38-2)14-6-22/h3-14,19H,15-18,20H2,1-2H3,(H,32,35). The molecule has 202 valence electrons. The molecule has 0 atom stereocenters. The zero-order valence-electron chi connectivity index (χ0n) is 21.9. The Labute approximate surface area is 226 Å². The molecule has 0 aliphatic rings. The van der Waals surface area contributed by atoms with Crippen LogP contribution in [-0.2, 0) is 19.4 Å². The van der Waals surface area contributed by atoms with E-state index in [2.05, 4.69) is 10.5 Å². The fourth-order valence-electron chi connectivity index (χ4n) is 3.97. The Balaban J connectivity index is 1.39. The molecular formula is C30H30FN3O5. The average molecular weight is 532 g/mol. The van der Waals surface area contributed by atoms with Crippen LogP contribution < -0.4 is 14.8 Å². The largest absolute Gasteiger partial charge is 0.497 e. The number of amides is 2. The number of halogens is 1. The highest BCUT2D eigenvalue weighted by Gasteiger charge is 2.20. The quantitative estimate of drug-likeness (QED) is 0.285. The summed E-state index contributed by atoms with van der Waals surface area (Å²) in [4.78, 5) is 27.5. The van der Waals surface area contributed by atoms with Gasteiger partial charge in [-0.1, -0.05) is 29.4 Å². The molecule has 3 aromatic carbocycles. The van der Waals surface area contributed by atoms with E-state index in [1.54, 1.807) is 19.1 Å². The maximum atomic E-state index is 13.4. The molecule has 0 unspecified atom stereocenters. The molecule has 1 N–H and O–H groups in total. The third kappa shape index (κ3) is 7.67. The van der Waals surface area contributed by atoms with Crippen LogP contribution in [0, 0.1) is 5.82 Å². The van der Waals surface area contributed by atoms with E-state index >= 15 is 0 Å². The van der Waals surface area contributed by atoms with Gasteiger partial charge in [0.1, 0.15) is 17.3 Å². The molecule has 39 heavy (non-hydrogen) atoms. The van der Waals surface area contributed by atoms with Crippen molar-refractivity contribution in [3.63, 3.8) is 0 Å². The molecule has 0 spiro atoms. The normalized spacial score (nSPS) is 10.6. The van der Waals surface area contributed by atoms with Gasteiger partial charge in [0.2, 0.25) is 0 Å². The van der Waals surface area contributed by atoms with Crippen molar-refractivity contribution in [3.05, 3.63) is 113 Å². The number of methoxy groups -OCH3 is 2. The molecule has 2 amide bonds. The van der Waals surface area contributed by atoms with E-state index in [9.17, 15) is 14.0 Å². The van der Waals surface area contributed by atoms with Crippen LogP contribution >= 0.6 is 0 Å². The van der Waals surface area contributed by atoms with Crippen LogP contribution in [0.2, 0.25) is 0 Å². The van der Waals surface area contributed by atoms with Crippen molar-refractivity contribution < 1.29 is 28.0 Å². The lowest BCUT2D eigenvalue weighted by Crippen LogP contribution is -2.32. The minimum Gasteiger partial charge on any atom is -0.497 e. The van der Waals surface area contributed by atoms with Crippen LogP contribution in [0.3, 0.4) is 0 Å². The van der Waals surface area contributed by atoms with Crippen molar-refractivity contribution in [2.24, 2.45) is 0 Å². The van der Waals surface area contributed by atoms with Gasteiger partial charge in [-0.2, -0.15) is 0 Å². The van der Waals surface area contributed by atoms with Crippen molar-refractivity contribution in [2.75, 3.05) is 27.3 Å². The minimum absolute atomic E-state index is 0.0957. The summed E-state index contributed by atoms with van der Waals surface area (Å²) < 4.78 is 29.2. The number of rotatable bonds is 12. The Hall–Kier alpha value is -4.66. The van der Waals surface area contributed by atoms with Crippen LogP contribution in [0.15, 0.2) is 83.4 Å². The first-order valence-electron chi connectivity index (χ1n) is 12.5. The van der Waals surface area contributed by atoms with E-state index in [4.69, 9.17) is 14.0 Å². The van der Waals surface area contributed by atoms with E-state index in [0.29, 0.717) is 37.3 Å². The van der Waals surface area contributed by atoms with Gasteiger partial charge in [-0.05, 0) is 72.5 Å². The summed E-state index contributed by atoms with van der Waals surface area (Å²) in [5.74, 6) is 0.802. The molecule has 0 aliphatic heterocycles. The fourth-order valence-corrected chi connectivity index (χ4v) is 3.97. The van der Waals surface area contributed by atoms with Gasteiger partial charge in [0, 0.05) is 24.7 Å². The Morgan fingerprint density at radius 2 is 1.46 bits per heavy atom. The van der Waals surface area contributed by atoms with Gasteiger partial charge in [-0.15, -0.1) is 0 Å². The smallest absolute Gasteiger partial charge is 0.273 e. The topological polar surface area (TPSA) is 93.9 Å². The Kier molecular flexibility index (Phi) is 9.29. The second-order valence-electron chi connectivity index (χ2n) is 8.86. The van der Waals surface area contributed by atoms with Gasteiger partial charge in [0.15, 0.2) is 11.5 Å². The summed E-state index contributed by atoms with van der Waals surface area (Å²) in [7, 11) is 3.21. The zero-order chi connectivity index (χ0) is 27.6. The van der Waals surface area contributed by atoms with Crippen molar-refractivity contribution >= 4 is 11.8 Å². The highest BCUT2D eigenvalue weighted by Crippen LogP contribution is 2.16. The number of nitrogens with zero attached hydrogens (tertiary/aromatic N) is 2. The minimum atomic E-state index is -0.422. The molecule has 8 nitrogen and oxygen atoms in total. The second-order valence-corrected chi connectivity index (χ2v) is 8.86. The third-order valence-electron chi connectivity index (χ3n) is 6.20. The average Bonchev–Trinajstić information content (AvgIpc) is 3.44. The van der Waals surface area contributed by atoms with E-state index < -0.39 is 5.82 Å². The molecule has 0 saturated heterocycles. The van der Waals surface area contributed by atoms with E-state index in [-0.39, 0.29) is 24.1 Å². The Morgan fingerprint density at radius 3 is 2.05 bits per heavy atom. The molecule has 0 aliphatic carbocycles. The van der Waals surface area contributed by atoms with Gasteiger partial charge >= 0.3 is 0 Å². The number of carbonyl (C=O) groups excluding carboxylic acids is 2. The molecule has 0 fully saturated rings. The first-order valence-corrected chi connectivity index (χ1v) is 12.5.